The van der Waals surface area contributed by atoms with Gasteiger partial charge in [-0.3, -0.25) is 14.2 Å². The van der Waals surface area contributed by atoms with Crippen LogP contribution in [0.2, 0.25) is 0 Å². The number of rotatable bonds is 5. The molecule has 2 heterocycles. The fourth-order valence-electron chi connectivity index (χ4n) is 3.24. The lowest BCUT2D eigenvalue weighted by Gasteiger charge is -2.18. The number of aromatic nitrogens is 4. The van der Waals surface area contributed by atoms with E-state index < -0.39 is 17.2 Å². The molecule has 3 aromatic rings. The van der Waals surface area contributed by atoms with Gasteiger partial charge in [-0.2, -0.15) is 0 Å². The van der Waals surface area contributed by atoms with E-state index in [0.717, 1.165) is 15.7 Å². The molecule has 1 N–H and O–H groups in total. The molecule has 3 rings (SSSR count). The first kappa shape index (κ1) is 19.4. The molecular formula is C19H23N5O4. The molecule has 28 heavy (non-hydrogen) atoms. The van der Waals surface area contributed by atoms with Gasteiger partial charge in [0, 0.05) is 19.7 Å². The predicted molar refractivity (Wildman–Crippen MR) is 105 cm³/mol. The van der Waals surface area contributed by atoms with Gasteiger partial charge in [0.2, 0.25) is 5.91 Å². The predicted octanol–water partition coefficient (Wildman–Crippen LogP) is 0.628. The second kappa shape index (κ2) is 7.34. The van der Waals surface area contributed by atoms with E-state index in [0.29, 0.717) is 5.75 Å². The Morgan fingerprint density at radius 2 is 2.00 bits per heavy atom. The number of ether oxygens (including phenoxy) is 1. The molecule has 9 heteroatoms. The lowest BCUT2D eigenvalue weighted by molar-refractivity contribution is -0.122. The third-order valence-corrected chi connectivity index (χ3v) is 4.73. The van der Waals surface area contributed by atoms with Gasteiger partial charge in [0.1, 0.15) is 12.3 Å². The van der Waals surface area contributed by atoms with Gasteiger partial charge in [-0.1, -0.05) is 17.7 Å². The molecule has 0 bridgehead atoms. The number of fused-ring (bicyclic) bond motifs is 1. The number of hydrogen-bond donors (Lipinski definition) is 1. The molecule has 1 aromatic carbocycles. The maximum Gasteiger partial charge on any atom is 0.332 e. The summed E-state index contributed by atoms with van der Waals surface area (Å²) in [6.45, 7) is 3.38. The Morgan fingerprint density at radius 1 is 1.29 bits per heavy atom. The largest absolute Gasteiger partial charge is 0.496 e. The van der Waals surface area contributed by atoms with Gasteiger partial charge in [-0.05, 0) is 19.9 Å². The van der Waals surface area contributed by atoms with Crippen LogP contribution in [0.25, 0.3) is 11.2 Å². The van der Waals surface area contributed by atoms with E-state index in [1.807, 2.05) is 32.0 Å². The van der Waals surface area contributed by atoms with Gasteiger partial charge in [0.25, 0.3) is 5.56 Å². The van der Waals surface area contributed by atoms with Crippen LogP contribution in [-0.4, -0.2) is 31.7 Å². The average Bonchev–Trinajstić information content (AvgIpc) is 3.05. The SMILES string of the molecule is COc1ccc(C)cc1[C@H](C)NC(=O)Cn1c(=O)c2c(ncn2C)n(C)c1=O. The van der Waals surface area contributed by atoms with E-state index in [4.69, 9.17) is 4.74 Å². The molecule has 0 saturated heterocycles. The first-order valence-corrected chi connectivity index (χ1v) is 8.79. The van der Waals surface area contributed by atoms with Gasteiger partial charge in [-0.25, -0.2) is 14.3 Å². The van der Waals surface area contributed by atoms with Crippen molar-refractivity contribution in [2.75, 3.05) is 7.11 Å². The molecule has 0 saturated carbocycles. The van der Waals surface area contributed by atoms with Crippen molar-refractivity contribution in [3.05, 3.63) is 56.5 Å². The number of carbonyl (C=O) groups excluding carboxylic acids is 1. The highest BCUT2D eigenvalue weighted by Crippen LogP contribution is 2.25. The first-order valence-electron chi connectivity index (χ1n) is 8.79. The van der Waals surface area contributed by atoms with Crippen LogP contribution in [0, 0.1) is 6.92 Å². The summed E-state index contributed by atoms with van der Waals surface area (Å²) in [4.78, 5) is 41.9. The average molecular weight is 385 g/mol. The summed E-state index contributed by atoms with van der Waals surface area (Å²) < 4.78 is 9.07. The molecule has 0 aliphatic heterocycles. The van der Waals surface area contributed by atoms with E-state index >= 15 is 0 Å². The number of imidazole rings is 1. The Balaban J connectivity index is 1.90. The molecule has 1 atom stereocenters. The van der Waals surface area contributed by atoms with E-state index in [-0.39, 0.29) is 23.8 Å². The molecule has 1 amide bonds. The topological polar surface area (TPSA) is 100 Å². The minimum atomic E-state index is -0.591. The van der Waals surface area contributed by atoms with E-state index in [1.165, 1.54) is 22.5 Å². The maximum absolute atomic E-state index is 12.7. The Bertz CT molecular complexity index is 1170. The Labute approximate surface area is 161 Å². The minimum Gasteiger partial charge on any atom is -0.496 e. The summed E-state index contributed by atoms with van der Waals surface area (Å²) in [5, 5.41) is 2.83. The highest BCUT2D eigenvalue weighted by atomic mass is 16.5. The molecule has 0 unspecified atom stereocenters. The Hall–Kier alpha value is -3.36. The monoisotopic (exact) mass is 385 g/mol. The summed E-state index contributed by atoms with van der Waals surface area (Å²) in [5.41, 5.74) is 1.26. The second-order valence-corrected chi connectivity index (χ2v) is 6.80. The lowest BCUT2D eigenvalue weighted by atomic mass is 10.0. The van der Waals surface area contributed by atoms with Crippen LogP contribution in [0.4, 0.5) is 0 Å². The quantitative estimate of drug-likeness (QED) is 0.694. The van der Waals surface area contributed by atoms with Crippen molar-refractivity contribution in [3.8, 4) is 5.75 Å². The summed E-state index contributed by atoms with van der Waals surface area (Å²) in [7, 11) is 4.75. The van der Waals surface area contributed by atoms with Crippen molar-refractivity contribution in [1.29, 1.82) is 0 Å². The molecule has 0 fully saturated rings. The number of carbonyl (C=O) groups is 1. The van der Waals surface area contributed by atoms with E-state index in [2.05, 4.69) is 10.3 Å². The second-order valence-electron chi connectivity index (χ2n) is 6.80. The van der Waals surface area contributed by atoms with E-state index in [9.17, 15) is 14.4 Å². The van der Waals surface area contributed by atoms with Gasteiger partial charge in [0.15, 0.2) is 11.2 Å². The van der Waals surface area contributed by atoms with Gasteiger partial charge < -0.3 is 14.6 Å². The number of hydrogen-bond acceptors (Lipinski definition) is 5. The van der Waals surface area contributed by atoms with E-state index in [1.54, 1.807) is 14.2 Å². The highest BCUT2D eigenvalue weighted by Gasteiger charge is 2.19. The van der Waals surface area contributed by atoms with Gasteiger partial charge >= 0.3 is 5.69 Å². The lowest BCUT2D eigenvalue weighted by Crippen LogP contribution is -2.43. The molecule has 0 aliphatic rings. The van der Waals surface area contributed by atoms with Gasteiger partial charge in [-0.15, -0.1) is 0 Å². The van der Waals surface area contributed by atoms with Crippen LogP contribution in [0.15, 0.2) is 34.1 Å². The number of methoxy groups -OCH3 is 1. The fraction of sp³-hybridized carbons (Fsp3) is 0.368. The molecule has 9 nitrogen and oxygen atoms in total. The number of aryl methyl sites for hydroxylation is 3. The normalized spacial score (nSPS) is 12.2. The number of nitrogens with one attached hydrogen (secondary N) is 1. The number of amides is 1. The van der Waals surface area contributed by atoms with Crippen LogP contribution < -0.4 is 21.3 Å². The van der Waals surface area contributed by atoms with Crippen molar-refractivity contribution < 1.29 is 9.53 Å². The third kappa shape index (κ3) is 3.30. The fourth-order valence-corrected chi connectivity index (χ4v) is 3.24. The summed E-state index contributed by atoms with van der Waals surface area (Å²) >= 11 is 0. The number of benzene rings is 1. The zero-order valence-electron chi connectivity index (χ0n) is 16.5. The van der Waals surface area contributed by atoms with Crippen LogP contribution >= 0.6 is 0 Å². The standard InChI is InChI=1S/C19H23N5O4/c1-11-6-7-14(28-5)13(8-11)12(2)21-15(25)9-24-18(26)16-17(20-10-22(16)3)23(4)19(24)27/h6-8,10,12H,9H2,1-5H3,(H,21,25)/t12-/m0/s1. The highest BCUT2D eigenvalue weighted by molar-refractivity contribution is 5.77. The van der Waals surface area contributed by atoms with Crippen molar-refractivity contribution in [3.63, 3.8) is 0 Å². The van der Waals surface area contributed by atoms with Crippen molar-refractivity contribution in [2.45, 2.75) is 26.4 Å². The molecule has 0 aliphatic carbocycles. The summed E-state index contributed by atoms with van der Waals surface area (Å²) in [5.74, 6) is 0.208. The number of nitrogens with zero attached hydrogens (tertiary/aromatic N) is 4. The van der Waals surface area contributed by atoms with Crippen LogP contribution in [0.1, 0.15) is 24.1 Å². The minimum absolute atomic E-state index is 0.267. The van der Waals surface area contributed by atoms with Crippen LogP contribution in [0.5, 0.6) is 5.75 Å². The molecule has 2 aromatic heterocycles. The smallest absolute Gasteiger partial charge is 0.332 e. The van der Waals surface area contributed by atoms with Crippen molar-refractivity contribution in [1.82, 2.24) is 24.0 Å². The van der Waals surface area contributed by atoms with Crippen LogP contribution in [0.3, 0.4) is 0 Å². The first-order chi connectivity index (χ1) is 13.2. The molecule has 0 spiro atoms. The molecular weight excluding hydrogens is 362 g/mol. The zero-order chi connectivity index (χ0) is 20.6. The molecule has 148 valence electrons. The van der Waals surface area contributed by atoms with Gasteiger partial charge in [0.05, 0.1) is 19.5 Å². The third-order valence-electron chi connectivity index (χ3n) is 4.73. The maximum atomic E-state index is 12.7. The molecule has 0 radical (unpaired) electrons. The van der Waals surface area contributed by atoms with Crippen molar-refractivity contribution >= 4 is 17.1 Å². The summed E-state index contributed by atoms with van der Waals surface area (Å²) in [6, 6.07) is 5.33. The summed E-state index contributed by atoms with van der Waals surface area (Å²) in [6.07, 6.45) is 1.46. The zero-order valence-corrected chi connectivity index (χ0v) is 16.5. The Kier molecular flexibility index (Phi) is 5.08. The van der Waals surface area contributed by atoms with Crippen LogP contribution in [-0.2, 0) is 25.4 Å². The Morgan fingerprint density at radius 3 is 2.68 bits per heavy atom. The van der Waals surface area contributed by atoms with Crippen molar-refractivity contribution in [2.24, 2.45) is 14.1 Å².